The van der Waals surface area contributed by atoms with Gasteiger partial charge in [-0.1, -0.05) is 59.2 Å². The highest BCUT2D eigenvalue weighted by atomic mass is 35.5. The molecule has 5 heteroatoms. The summed E-state index contributed by atoms with van der Waals surface area (Å²) in [4.78, 5) is 4.42. The third kappa shape index (κ3) is 2.35. The maximum atomic E-state index is 6.24. The molecule has 0 radical (unpaired) electrons. The molecule has 1 N–H and O–H groups in total. The first-order valence-electron chi connectivity index (χ1n) is 7.24. The molecule has 2 aromatic carbocycles. The SMILES string of the molecule is Clc1cccc2c1CCC2Nc1nc(-c2ccccc2)no1. The van der Waals surface area contributed by atoms with Gasteiger partial charge in [-0.25, -0.2) is 0 Å². The molecule has 0 saturated carbocycles. The summed E-state index contributed by atoms with van der Waals surface area (Å²) >= 11 is 6.24. The predicted molar refractivity (Wildman–Crippen MR) is 85.9 cm³/mol. The fraction of sp³-hybridized carbons (Fsp3) is 0.176. The van der Waals surface area contributed by atoms with Crippen LogP contribution >= 0.6 is 11.6 Å². The fourth-order valence-corrected chi connectivity index (χ4v) is 3.17. The van der Waals surface area contributed by atoms with Crippen molar-refractivity contribution in [3.63, 3.8) is 0 Å². The summed E-state index contributed by atoms with van der Waals surface area (Å²) in [6, 6.07) is 16.4. The molecule has 0 amide bonds. The minimum absolute atomic E-state index is 0.165. The highest BCUT2D eigenvalue weighted by molar-refractivity contribution is 6.31. The van der Waals surface area contributed by atoms with E-state index in [1.54, 1.807) is 0 Å². The van der Waals surface area contributed by atoms with Gasteiger partial charge in [-0.2, -0.15) is 4.98 Å². The Labute approximate surface area is 133 Å². The molecule has 110 valence electrons. The third-order valence-electron chi connectivity index (χ3n) is 3.97. The van der Waals surface area contributed by atoms with Crippen molar-refractivity contribution >= 4 is 17.6 Å². The van der Waals surface area contributed by atoms with Crippen LogP contribution in [0.15, 0.2) is 53.1 Å². The molecule has 1 heterocycles. The van der Waals surface area contributed by atoms with E-state index in [0.29, 0.717) is 11.8 Å². The number of rotatable bonds is 3. The molecule has 1 aliphatic carbocycles. The zero-order chi connectivity index (χ0) is 14.9. The standard InChI is InChI=1S/C17H14ClN3O/c18-14-8-4-7-13-12(14)9-10-15(13)19-17-20-16(21-22-17)11-5-2-1-3-6-11/h1-8,15H,9-10H2,(H,19,20,21). The van der Waals surface area contributed by atoms with Gasteiger partial charge < -0.3 is 9.84 Å². The number of halogens is 1. The Kier molecular flexibility index (Phi) is 3.31. The smallest absolute Gasteiger partial charge is 0.322 e. The summed E-state index contributed by atoms with van der Waals surface area (Å²) in [5.74, 6) is 0.590. The number of hydrogen-bond acceptors (Lipinski definition) is 4. The van der Waals surface area contributed by atoms with Crippen molar-refractivity contribution in [1.82, 2.24) is 10.1 Å². The first kappa shape index (κ1) is 13.3. The third-order valence-corrected chi connectivity index (χ3v) is 4.32. The molecule has 4 nitrogen and oxygen atoms in total. The van der Waals surface area contributed by atoms with Crippen LogP contribution in [0.25, 0.3) is 11.4 Å². The van der Waals surface area contributed by atoms with Crippen LogP contribution in [0.2, 0.25) is 5.02 Å². The second-order valence-corrected chi connectivity index (χ2v) is 5.74. The van der Waals surface area contributed by atoms with E-state index in [1.807, 2.05) is 42.5 Å². The van der Waals surface area contributed by atoms with E-state index in [1.165, 1.54) is 11.1 Å². The van der Waals surface area contributed by atoms with Crippen molar-refractivity contribution in [2.75, 3.05) is 5.32 Å². The molecule has 22 heavy (non-hydrogen) atoms. The Morgan fingerprint density at radius 1 is 1.09 bits per heavy atom. The second kappa shape index (κ2) is 5.46. The van der Waals surface area contributed by atoms with Crippen LogP contribution in [0.5, 0.6) is 0 Å². The van der Waals surface area contributed by atoms with Gasteiger partial charge in [0.05, 0.1) is 6.04 Å². The lowest BCUT2D eigenvalue weighted by Gasteiger charge is -2.11. The van der Waals surface area contributed by atoms with Crippen LogP contribution in [-0.4, -0.2) is 10.1 Å². The van der Waals surface area contributed by atoms with Crippen LogP contribution < -0.4 is 5.32 Å². The summed E-state index contributed by atoms with van der Waals surface area (Å²) in [6.45, 7) is 0. The van der Waals surface area contributed by atoms with Gasteiger partial charge in [0, 0.05) is 10.6 Å². The molecular weight excluding hydrogens is 298 g/mol. The lowest BCUT2D eigenvalue weighted by Crippen LogP contribution is -2.07. The fourth-order valence-electron chi connectivity index (χ4n) is 2.90. The molecule has 1 atom stereocenters. The molecule has 0 spiro atoms. The summed E-state index contributed by atoms with van der Waals surface area (Å²) in [5.41, 5.74) is 3.37. The van der Waals surface area contributed by atoms with Crippen LogP contribution in [0, 0.1) is 0 Å². The van der Waals surface area contributed by atoms with Crippen LogP contribution in [0.3, 0.4) is 0 Å². The van der Waals surface area contributed by atoms with Crippen molar-refractivity contribution in [2.45, 2.75) is 18.9 Å². The molecule has 1 aromatic heterocycles. The minimum atomic E-state index is 0.165. The molecule has 0 saturated heterocycles. The van der Waals surface area contributed by atoms with E-state index in [-0.39, 0.29) is 6.04 Å². The van der Waals surface area contributed by atoms with Crippen molar-refractivity contribution in [3.05, 3.63) is 64.7 Å². The molecular formula is C17H14ClN3O. The van der Waals surface area contributed by atoms with Gasteiger partial charge in [0.15, 0.2) is 0 Å². The summed E-state index contributed by atoms with van der Waals surface area (Å²) in [7, 11) is 0. The Morgan fingerprint density at radius 3 is 2.82 bits per heavy atom. The number of nitrogens with zero attached hydrogens (tertiary/aromatic N) is 2. The lowest BCUT2D eigenvalue weighted by atomic mass is 10.1. The maximum absolute atomic E-state index is 6.24. The van der Waals surface area contributed by atoms with Gasteiger partial charge in [-0.05, 0) is 30.0 Å². The Morgan fingerprint density at radius 2 is 1.95 bits per heavy atom. The monoisotopic (exact) mass is 311 g/mol. The highest BCUT2D eigenvalue weighted by Gasteiger charge is 2.25. The number of nitrogens with one attached hydrogen (secondary N) is 1. The van der Waals surface area contributed by atoms with Crippen molar-refractivity contribution in [3.8, 4) is 11.4 Å². The largest absolute Gasteiger partial charge is 0.331 e. The number of hydrogen-bond donors (Lipinski definition) is 1. The van der Waals surface area contributed by atoms with E-state index in [0.717, 1.165) is 23.4 Å². The van der Waals surface area contributed by atoms with E-state index in [2.05, 4.69) is 21.5 Å². The normalized spacial score (nSPS) is 16.5. The second-order valence-electron chi connectivity index (χ2n) is 5.33. The average Bonchev–Trinajstić information content (AvgIpc) is 3.17. The number of fused-ring (bicyclic) bond motifs is 1. The first-order valence-corrected chi connectivity index (χ1v) is 7.62. The van der Waals surface area contributed by atoms with Crippen LogP contribution in [-0.2, 0) is 6.42 Å². The molecule has 4 rings (SSSR count). The van der Waals surface area contributed by atoms with Crippen molar-refractivity contribution in [1.29, 1.82) is 0 Å². The number of anilines is 1. The van der Waals surface area contributed by atoms with Crippen molar-refractivity contribution < 1.29 is 4.52 Å². The molecule has 3 aromatic rings. The van der Waals surface area contributed by atoms with Gasteiger partial charge in [0.1, 0.15) is 0 Å². The minimum Gasteiger partial charge on any atom is -0.331 e. The van der Waals surface area contributed by atoms with E-state index in [9.17, 15) is 0 Å². The maximum Gasteiger partial charge on any atom is 0.322 e. The highest BCUT2D eigenvalue weighted by Crippen LogP contribution is 2.37. The van der Waals surface area contributed by atoms with Gasteiger partial charge in [-0.3, -0.25) is 0 Å². The van der Waals surface area contributed by atoms with Crippen molar-refractivity contribution in [2.24, 2.45) is 0 Å². The quantitative estimate of drug-likeness (QED) is 0.774. The van der Waals surface area contributed by atoms with E-state index in [4.69, 9.17) is 16.1 Å². The Bertz CT molecular complexity index is 801. The summed E-state index contributed by atoms with van der Waals surface area (Å²) in [6.07, 6.45) is 1.94. The number of benzene rings is 2. The lowest BCUT2D eigenvalue weighted by molar-refractivity contribution is 0.427. The van der Waals surface area contributed by atoms with Gasteiger partial charge in [-0.15, -0.1) is 0 Å². The molecule has 0 bridgehead atoms. The first-order chi connectivity index (χ1) is 10.8. The molecule has 0 aliphatic heterocycles. The molecule has 1 aliphatic rings. The van der Waals surface area contributed by atoms with E-state index >= 15 is 0 Å². The van der Waals surface area contributed by atoms with Gasteiger partial charge in [0.2, 0.25) is 5.82 Å². The zero-order valence-corrected chi connectivity index (χ0v) is 12.5. The number of aromatic nitrogens is 2. The Hall–Kier alpha value is -2.33. The molecule has 0 fully saturated rings. The zero-order valence-electron chi connectivity index (χ0n) is 11.8. The van der Waals surface area contributed by atoms with Gasteiger partial charge >= 0.3 is 6.01 Å². The van der Waals surface area contributed by atoms with Crippen LogP contribution in [0.1, 0.15) is 23.6 Å². The average molecular weight is 312 g/mol. The van der Waals surface area contributed by atoms with Gasteiger partial charge in [0.25, 0.3) is 0 Å². The Balaban J connectivity index is 1.57. The topological polar surface area (TPSA) is 51.0 Å². The summed E-state index contributed by atoms with van der Waals surface area (Å²) in [5, 5.41) is 8.17. The van der Waals surface area contributed by atoms with Crippen LogP contribution in [0.4, 0.5) is 6.01 Å². The molecule has 1 unspecified atom stereocenters. The van der Waals surface area contributed by atoms with E-state index < -0.39 is 0 Å². The predicted octanol–water partition coefficient (Wildman–Crippen LogP) is 4.49. The summed E-state index contributed by atoms with van der Waals surface area (Å²) < 4.78 is 5.32.